The van der Waals surface area contributed by atoms with Crippen LogP contribution in [0, 0.1) is 5.92 Å². The third-order valence-corrected chi connectivity index (χ3v) is 5.30. The number of carbonyl (C=O) groups is 2. The largest absolute Gasteiger partial charge is 0.375 e. The van der Waals surface area contributed by atoms with Crippen LogP contribution in [0.25, 0.3) is 0 Å². The summed E-state index contributed by atoms with van der Waals surface area (Å²) in [5.74, 6) is -1.26. The molecule has 1 aliphatic carbocycles. The van der Waals surface area contributed by atoms with Crippen molar-refractivity contribution in [2.24, 2.45) is 5.92 Å². The standard InChI is InChI=1S/C20H19NO3/c1-2-21-17-10-6-5-9-15(17)20(24,19(21)23)16-12-11-13-7-3-4-8-14(13)18(16)22/h3-10,16,24H,2,11-12H2,1H3/t16-,20+/m1/s1. The van der Waals surface area contributed by atoms with Crippen LogP contribution < -0.4 is 4.90 Å². The number of ketones is 1. The van der Waals surface area contributed by atoms with Gasteiger partial charge in [-0.15, -0.1) is 0 Å². The smallest absolute Gasteiger partial charge is 0.264 e. The second kappa shape index (κ2) is 5.28. The normalized spacial score (nSPS) is 25.6. The number of anilines is 1. The molecule has 2 atom stereocenters. The van der Waals surface area contributed by atoms with Gasteiger partial charge in [0.15, 0.2) is 11.4 Å². The number of para-hydroxylation sites is 1. The van der Waals surface area contributed by atoms with Crippen LogP contribution in [-0.4, -0.2) is 23.3 Å². The average molecular weight is 321 g/mol. The van der Waals surface area contributed by atoms with Crippen molar-refractivity contribution in [1.82, 2.24) is 0 Å². The molecule has 0 bridgehead atoms. The van der Waals surface area contributed by atoms with Crippen LogP contribution in [0.2, 0.25) is 0 Å². The Morgan fingerprint density at radius 2 is 1.83 bits per heavy atom. The maximum absolute atomic E-state index is 13.0. The van der Waals surface area contributed by atoms with Gasteiger partial charge in [-0.2, -0.15) is 0 Å². The number of carbonyl (C=O) groups excluding carboxylic acids is 2. The number of hydrogen-bond donors (Lipinski definition) is 1. The molecule has 0 spiro atoms. The first kappa shape index (κ1) is 15.1. The van der Waals surface area contributed by atoms with E-state index in [4.69, 9.17) is 0 Å². The van der Waals surface area contributed by atoms with E-state index in [0.717, 1.165) is 5.56 Å². The number of aliphatic hydroxyl groups is 1. The number of Topliss-reactive ketones (excluding diaryl/α,β-unsaturated/α-hetero) is 1. The molecule has 0 unspecified atom stereocenters. The van der Waals surface area contributed by atoms with Crippen molar-refractivity contribution >= 4 is 17.4 Å². The lowest BCUT2D eigenvalue weighted by Gasteiger charge is -2.34. The van der Waals surface area contributed by atoms with Crippen molar-refractivity contribution in [2.45, 2.75) is 25.4 Å². The molecule has 0 radical (unpaired) electrons. The van der Waals surface area contributed by atoms with Gasteiger partial charge in [0, 0.05) is 17.7 Å². The van der Waals surface area contributed by atoms with Gasteiger partial charge < -0.3 is 10.0 Å². The summed E-state index contributed by atoms with van der Waals surface area (Å²) in [7, 11) is 0. The predicted molar refractivity (Wildman–Crippen MR) is 90.9 cm³/mol. The van der Waals surface area contributed by atoms with Crippen molar-refractivity contribution in [3.63, 3.8) is 0 Å². The number of benzene rings is 2. The van der Waals surface area contributed by atoms with Crippen LogP contribution in [-0.2, 0) is 16.8 Å². The Bertz CT molecular complexity index is 844. The highest BCUT2D eigenvalue weighted by atomic mass is 16.3. The van der Waals surface area contributed by atoms with Gasteiger partial charge in [-0.1, -0.05) is 42.5 Å². The lowest BCUT2D eigenvalue weighted by Crippen LogP contribution is -2.49. The maximum Gasteiger partial charge on any atom is 0.264 e. The molecular formula is C20H19NO3. The molecule has 24 heavy (non-hydrogen) atoms. The van der Waals surface area contributed by atoms with Gasteiger partial charge >= 0.3 is 0 Å². The van der Waals surface area contributed by atoms with E-state index in [1.807, 2.05) is 37.3 Å². The van der Waals surface area contributed by atoms with Gasteiger partial charge in [0.2, 0.25) is 0 Å². The molecule has 1 aliphatic heterocycles. The summed E-state index contributed by atoms with van der Waals surface area (Å²) >= 11 is 0. The number of fused-ring (bicyclic) bond motifs is 2. The number of likely N-dealkylation sites (N-methyl/N-ethyl adjacent to an activating group) is 1. The Hall–Kier alpha value is -2.46. The number of amides is 1. The zero-order valence-electron chi connectivity index (χ0n) is 13.5. The fourth-order valence-electron chi connectivity index (χ4n) is 4.11. The summed E-state index contributed by atoms with van der Waals surface area (Å²) in [5, 5.41) is 11.4. The molecule has 2 aromatic carbocycles. The number of rotatable bonds is 2. The van der Waals surface area contributed by atoms with E-state index in [2.05, 4.69) is 0 Å². The van der Waals surface area contributed by atoms with E-state index in [1.54, 1.807) is 23.1 Å². The summed E-state index contributed by atoms with van der Waals surface area (Å²) in [4.78, 5) is 27.6. The van der Waals surface area contributed by atoms with Gasteiger partial charge in [0.25, 0.3) is 5.91 Å². The third kappa shape index (κ3) is 1.83. The van der Waals surface area contributed by atoms with Gasteiger partial charge in [0.1, 0.15) is 0 Å². The number of aryl methyl sites for hydroxylation is 1. The molecular weight excluding hydrogens is 302 g/mol. The van der Waals surface area contributed by atoms with Crippen molar-refractivity contribution < 1.29 is 14.7 Å². The van der Waals surface area contributed by atoms with Gasteiger partial charge in [0.05, 0.1) is 11.6 Å². The highest BCUT2D eigenvalue weighted by Crippen LogP contribution is 2.48. The summed E-state index contributed by atoms with van der Waals surface area (Å²) < 4.78 is 0. The monoisotopic (exact) mass is 321 g/mol. The SMILES string of the molecule is CCN1C(=O)[C@@](O)([C@@H]2CCc3ccccc3C2=O)c2ccccc21. The Kier molecular flexibility index (Phi) is 3.32. The first-order valence-electron chi connectivity index (χ1n) is 8.35. The molecule has 4 heteroatoms. The van der Waals surface area contributed by atoms with E-state index in [-0.39, 0.29) is 11.7 Å². The Balaban J connectivity index is 1.85. The Morgan fingerprint density at radius 3 is 2.62 bits per heavy atom. The average Bonchev–Trinajstić information content (AvgIpc) is 2.84. The summed E-state index contributed by atoms with van der Waals surface area (Å²) in [5.41, 5.74) is 1.11. The quantitative estimate of drug-likeness (QED) is 0.925. The molecule has 2 aromatic rings. The number of hydrogen-bond acceptors (Lipinski definition) is 3. The van der Waals surface area contributed by atoms with Crippen LogP contribution in [0.3, 0.4) is 0 Å². The van der Waals surface area contributed by atoms with Crippen molar-refractivity contribution in [3.8, 4) is 0 Å². The van der Waals surface area contributed by atoms with Crippen LogP contribution in [0.1, 0.15) is 34.8 Å². The van der Waals surface area contributed by atoms with Crippen molar-refractivity contribution in [1.29, 1.82) is 0 Å². The first-order chi connectivity index (χ1) is 11.6. The summed E-state index contributed by atoms with van der Waals surface area (Å²) in [6.45, 7) is 2.34. The molecule has 1 N–H and O–H groups in total. The van der Waals surface area contributed by atoms with E-state index in [0.29, 0.717) is 36.2 Å². The van der Waals surface area contributed by atoms with E-state index in [1.165, 1.54) is 0 Å². The minimum atomic E-state index is -1.77. The van der Waals surface area contributed by atoms with Gasteiger partial charge in [-0.05, 0) is 31.4 Å². The van der Waals surface area contributed by atoms with E-state index in [9.17, 15) is 14.7 Å². The van der Waals surface area contributed by atoms with Crippen LogP contribution >= 0.6 is 0 Å². The molecule has 0 saturated heterocycles. The minimum absolute atomic E-state index is 0.138. The summed E-state index contributed by atoms with van der Waals surface area (Å²) in [6, 6.07) is 14.7. The molecule has 1 heterocycles. The van der Waals surface area contributed by atoms with E-state index < -0.39 is 11.5 Å². The fraction of sp³-hybridized carbons (Fsp3) is 0.300. The highest BCUT2D eigenvalue weighted by molar-refractivity contribution is 6.12. The van der Waals surface area contributed by atoms with Gasteiger partial charge in [-0.25, -0.2) is 0 Å². The molecule has 0 aromatic heterocycles. The second-order valence-corrected chi connectivity index (χ2v) is 6.45. The lowest BCUT2D eigenvalue weighted by molar-refractivity contribution is -0.140. The van der Waals surface area contributed by atoms with Crippen LogP contribution in [0.4, 0.5) is 5.69 Å². The zero-order chi connectivity index (χ0) is 16.9. The van der Waals surface area contributed by atoms with Crippen molar-refractivity contribution in [3.05, 3.63) is 65.2 Å². The van der Waals surface area contributed by atoms with Crippen LogP contribution in [0.15, 0.2) is 48.5 Å². The molecule has 1 amide bonds. The molecule has 0 fully saturated rings. The lowest BCUT2D eigenvalue weighted by atomic mass is 9.71. The van der Waals surface area contributed by atoms with Gasteiger partial charge in [-0.3, -0.25) is 9.59 Å². The molecule has 0 saturated carbocycles. The molecule has 2 aliphatic rings. The predicted octanol–water partition coefficient (Wildman–Crippen LogP) is 2.69. The van der Waals surface area contributed by atoms with Crippen molar-refractivity contribution in [2.75, 3.05) is 11.4 Å². The topological polar surface area (TPSA) is 57.6 Å². The zero-order valence-corrected chi connectivity index (χ0v) is 13.5. The molecule has 4 nitrogen and oxygen atoms in total. The second-order valence-electron chi connectivity index (χ2n) is 6.45. The first-order valence-corrected chi connectivity index (χ1v) is 8.35. The van der Waals surface area contributed by atoms with Crippen LogP contribution in [0.5, 0.6) is 0 Å². The highest BCUT2D eigenvalue weighted by Gasteiger charge is 2.57. The Labute approximate surface area is 140 Å². The summed E-state index contributed by atoms with van der Waals surface area (Å²) in [6.07, 6.45) is 1.17. The fourth-order valence-corrected chi connectivity index (χ4v) is 4.11. The van der Waals surface area contributed by atoms with E-state index >= 15 is 0 Å². The minimum Gasteiger partial charge on any atom is -0.375 e. The number of nitrogens with zero attached hydrogens (tertiary/aromatic N) is 1. The Morgan fingerprint density at radius 1 is 1.12 bits per heavy atom. The molecule has 122 valence electrons. The maximum atomic E-state index is 13.0. The molecule has 4 rings (SSSR count). The third-order valence-electron chi connectivity index (χ3n) is 5.30.